The van der Waals surface area contributed by atoms with Crippen molar-refractivity contribution in [2.45, 2.75) is 6.54 Å². The van der Waals surface area contributed by atoms with Gasteiger partial charge in [0.05, 0.1) is 30.6 Å². The molecular weight excluding hydrogens is 322 g/mol. The minimum atomic E-state index is 0.619. The summed E-state index contributed by atoms with van der Waals surface area (Å²) in [6, 6.07) is 7.59. The van der Waals surface area contributed by atoms with Gasteiger partial charge < -0.3 is 20.5 Å². The van der Waals surface area contributed by atoms with Crippen molar-refractivity contribution in [3.8, 4) is 11.5 Å². The molecule has 0 fully saturated rings. The number of methoxy groups -OCH3 is 2. The molecule has 0 aliphatic carbocycles. The third kappa shape index (κ3) is 3.33. The Labute approximate surface area is 126 Å². The third-order valence-electron chi connectivity index (χ3n) is 2.77. The van der Waals surface area contributed by atoms with Gasteiger partial charge in [0.2, 0.25) is 0 Å². The number of nitrogens with one attached hydrogen (secondary N) is 1. The van der Waals surface area contributed by atoms with E-state index >= 15 is 0 Å². The zero-order valence-corrected chi connectivity index (χ0v) is 12.9. The van der Waals surface area contributed by atoms with Gasteiger partial charge >= 0.3 is 0 Å². The van der Waals surface area contributed by atoms with Crippen LogP contribution in [0.3, 0.4) is 0 Å². The van der Waals surface area contributed by atoms with E-state index in [0.29, 0.717) is 23.7 Å². The summed E-state index contributed by atoms with van der Waals surface area (Å²) in [7, 11) is 3.23. The van der Waals surface area contributed by atoms with Crippen LogP contribution < -0.4 is 20.5 Å². The van der Waals surface area contributed by atoms with Gasteiger partial charge in [-0.15, -0.1) is 0 Å². The van der Waals surface area contributed by atoms with Crippen molar-refractivity contribution in [2.75, 3.05) is 25.3 Å². The fourth-order valence-corrected chi connectivity index (χ4v) is 2.27. The van der Waals surface area contributed by atoms with Crippen LogP contribution in [-0.4, -0.2) is 19.2 Å². The van der Waals surface area contributed by atoms with Crippen molar-refractivity contribution in [3.05, 3.63) is 40.5 Å². The molecule has 6 heteroatoms. The number of rotatable bonds is 5. The molecule has 3 N–H and O–H groups in total. The summed E-state index contributed by atoms with van der Waals surface area (Å²) in [5, 5.41) is 3.24. The van der Waals surface area contributed by atoms with Gasteiger partial charge in [-0.25, -0.2) is 4.98 Å². The highest BCUT2D eigenvalue weighted by Gasteiger charge is 2.06. The molecule has 0 radical (unpaired) electrons. The van der Waals surface area contributed by atoms with Gasteiger partial charge in [-0.1, -0.05) is 6.07 Å². The number of aromatic nitrogens is 1. The zero-order chi connectivity index (χ0) is 14.5. The van der Waals surface area contributed by atoms with Crippen molar-refractivity contribution >= 4 is 27.4 Å². The fourth-order valence-electron chi connectivity index (χ4n) is 1.76. The molecule has 2 rings (SSSR count). The average molecular weight is 338 g/mol. The molecule has 0 saturated carbocycles. The van der Waals surface area contributed by atoms with Crippen LogP contribution >= 0.6 is 15.9 Å². The second-order valence-corrected chi connectivity index (χ2v) is 5.00. The van der Waals surface area contributed by atoms with Gasteiger partial charge in [0.25, 0.3) is 0 Å². The Balaban J connectivity index is 2.10. The van der Waals surface area contributed by atoms with E-state index in [0.717, 1.165) is 15.9 Å². The minimum absolute atomic E-state index is 0.619. The Morgan fingerprint density at radius 2 is 1.95 bits per heavy atom. The Morgan fingerprint density at radius 3 is 2.60 bits per heavy atom. The lowest BCUT2D eigenvalue weighted by Crippen LogP contribution is -2.03. The maximum Gasteiger partial charge on any atom is 0.161 e. The molecular formula is C14H16BrN3O2. The molecule has 0 aliphatic heterocycles. The van der Waals surface area contributed by atoms with Gasteiger partial charge in [-0.3, -0.25) is 0 Å². The summed E-state index contributed by atoms with van der Waals surface area (Å²) in [5.41, 5.74) is 7.34. The first-order chi connectivity index (χ1) is 9.63. The second-order valence-electron chi connectivity index (χ2n) is 4.14. The molecule has 1 aromatic heterocycles. The van der Waals surface area contributed by atoms with Crippen LogP contribution in [0.1, 0.15) is 5.56 Å². The predicted octanol–water partition coefficient (Wildman–Crippen LogP) is 3.06. The Bertz CT molecular complexity index is 605. The number of benzene rings is 1. The molecule has 1 aromatic carbocycles. The summed E-state index contributed by atoms with van der Waals surface area (Å²) in [5.74, 6) is 2.16. The minimum Gasteiger partial charge on any atom is -0.493 e. The highest BCUT2D eigenvalue weighted by Crippen LogP contribution is 2.28. The van der Waals surface area contributed by atoms with E-state index in [2.05, 4.69) is 26.2 Å². The number of halogens is 1. The summed E-state index contributed by atoms with van der Waals surface area (Å²) >= 11 is 3.42. The topological polar surface area (TPSA) is 69.4 Å². The summed E-state index contributed by atoms with van der Waals surface area (Å²) < 4.78 is 11.3. The molecule has 0 bridgehead atoms. The fraction of sp³-hybridized carbons (Fsp3) is 0.214. The highest BCUT2D eigenvalue weighted by molar-refractivity contribution is 9.10. The van der Waals surface area contributed by atoms with Crippen molar-refractivity contribution in [2.24, 2.45) is 0 Å². The largest absolute Gasteiger partial charge is 0.493 e. The molecule has 2 aromatic rings. The molecule has 0 atom stereocenters. The molecule has 0 saturated heterocycles. The van der Waals surface area contributed by atoms with Crippen LogP contribution in [0.2, 0.25) is 0 Å². The first-order valence-corrected chi connectivity index (χ1v) is 6.79. The van der Waals surface area contributed by atoms with E-state index < -0.39 is 0 Å². The highest BCUT2D eigenvalue weighted by atomic mass is 79.9. The number of hydrogen-bond donors (Lipinski definition) is 2. The lowest BCUT2D eigenvalue weighted by molar-refractivity contribution is 0.354. The Hall–Kier alpha value is -1.95. The summed E-state index contributed by atoms with van der Waals surface area (Å²) in [6.45, 7) is 0.621. The Morgan fingerprint density at radius 1 is 1.20 bits per heavy atom. The molecule has 0 unspecified atom stereocenters. The predicted molar refractivity (Wildman–Crippen MR) is 83.2 cm³/mol. The number of anilines is 2. The van der Waals surface area contributed by atoms with Crippen LogP contribution in [0.15, 0.2) is 34.9 Å². The normalized spacial score (nSPS) is 10.2. The van der Waals surface area contributed by atoms with Gasteiger partial charge in [0.1, 0.15) is 5.82 Å². The molecule has 0 aliphatic rings. The SMILES string of the molecule is COc1ccc(CNc2ncc(N)cc2Br)cc1OC. The Kier molecular flexibility index (Phi) is 4.68. The molecule has 0 amide bonds. The zero-order valence-electron chi connectivity index (χ0n) is 11.3. The summed E-state index contributed by atoms with van der Waals surface area (Å²) in [6.07, 6.45) is 1.61. The van der Waals surface area contributed by atoms with Crippen LogP contribution in [-0.2, 0) is 6.54 Å². The first kappa shape index (κ1) is 14.5. The van der Waals surface area contributed by atoms with E-state index in [-0.39, 0.29) is 0 Å². The van der Waals surface area contributed by atoms with Gasteiger partial charge in [-0.2, -0.15) is 0 Å². The smallest absolute Gasteiger partial charge is 0.161 e. The van der Waals surface area contributed by atoms with Crippen LogP contribution in [0.5, 0.6) is 11.5 Å². The first-order valence-electron chi connectivity index (χ1n) is 6.00. The lowest BCUT2D eigenvalue weighted by Gasteiger charge is -2.11. The number of ether oxygens (including phenoxy) is 2. The van der Waals surface area contributed by atoms with Gasteiger partial charge in [-0.05, 0) is 39.7 Å². The number of pyridine rings is 1. The quantitative estimate of drug-likeness (QED) is 0.877. The van der Waals surface area contributed by atoms with Crippen LogP contribution in [0.4, 0.5) is 11.5 Å². The van der Waals surface area contributed by atoms with Crippen molar-refractivity contribution in [1.29, 1.82) is 0 Å². The van der Waals surface area contributed by atoms with E-state index in [1.54, 1.807) is 20.4 Å². The van der Waals surface area contributed by atoms with E-state index in [1.807, 2.05) is 24.3 Å². The lowest BCUT2D eigenvalue weighted by atomic mass is 10.2. The molecule has 0 spiro atoms. The van der Waals surface area contributed by atoms with Crippen molar-refractivity contribution < 1.29 is 9.47 Å². The number of nitrogens with two attached hydrogens (primary N) is 1. The van der Waals surface area contributed by atoms with E-state index in [4.69, 9.17) is 15.2 Å². The van der Waals surface area contributed by atoms with Crippen molar-refractivity contribution in [3.63, 3.8) is 0 Å². The molecule has 1 heterocycles. The van der Waals surface area contributed by atoms with Gasteiger partial charge in [0, 0.05) is 6.54 Å². The third-order valence-corrected chi connectivity index (χ3v) is 3.37. The van der Waals surface area contributed by atoms with Crippen LogP contribution in [0, 0.1) is 0 Å². The maximum absolute atomic E-state index is 5.65. The number of nitrogens with zero attached hydrogens (tertiary/aromatic N) is 1. The molecule has 20 heavy (non-hydrogen) atoms. The number of nitrogen functional groups attached to an aromatic ring is 1. The standard InChI is InChI=1S/C14H16BrN3O2/c1-19-12-4-3-9(5-13(12)20-2)7-17-14-11(15)6-10(16)8-18-14/h3-6,8H,7,16H2,1-2H3,(H,17,18). The summed E-state index contributed by atoms with van der Waals surface area (Å²) in [4.78, 5) is 4.23. The van der Waals surface area contributed by atoms with Crippen LogP contribution in [0.25, 0.3) is 0 Å². The monoisotopic (exact) mass is 337 g/mol. The van der Waals surface area contributed by atoms with E-state index in [1.165, 1.54) is 0 Å². The van der Waals surface area contributed by atoms with Crippen molar-refractivity contribution in [1.82, 2.24) is 4.98 Å². The number of hydrogen-bond acceptors (Lipinski definition) is 5. The second kappa shape index (κ2) is 6.47. The molecule has 106 valence electrons. The van der Waals surface area contributed by atoms with E-state index in [9.17, 15) is 0 Å². The maximum atomic E-state index is 5.65. The van der Waals surface area contributed by atoms with Gasteiger partial charge in [0.15, 0.2) is 11.5 Å². The average Bonchev–Trinajstić information content (AvgIpc) is 2.46. The molecule has 5 nitrogen and oxygen atoms in total.